The van der Waals surface area contributed by atoms with Gasteiger partial charge in [0.25, 0.3) is 0 Å². The number of nitrogens with two attached hydrogens (primary N) is 1. The van der Waals surface area contributed by atoms with Crippen LogP contribution in [0.25, 0.3) is 0 Å². The van der Waals surface area contributed by atoms with Crippen molar-refractivity contribution >= 4 is 39.2 Å². The van der Waals surface area contributed by atoms with Crippen molar-refractivity contribution in [1.82, 2.24) is 25.9 Å². The molecule has 3 rings (SSSR count). The van der Waals surface area contributed by atoms with E-state index in [-0.39, 0.29) is 29.4 Å². The number of aromatic amines is 1. The maximum Gasteiger partial charge on any atom is 0.326 e. The summed E-state index contributed by atoms with van der Waals surface area (Å²) in [6.45, 7) is 0.251. The van der Waals surface area contributed by atoms with Crippen LogP contribution in [0.1, 0.15) is 16.8 Å². The summed E-state index contributed by atoms with van der Waals surface area (Å²) >= 11 is 5.34. The van der Waals surface area contributed by atoms with E-state index in [1.54, 1.807) is 42.6 Å². The molecule has 0 bridgehead atoms. The third kappa shape index (κ3) is 8.15. The average molecular weight is 531 g/mol. The van der Waals surface area contributed by atoms with Gasteiger partial charge in [-0.15, -0.1) is 0 Å². The van der Waals surface area contributed by atoms with Crippen molar-refractivity contribution in [3.05, 3.63) is 83.9 Å². The molecule has 2 atom stereocenters. The van der Waals surface area contributed by atoms with Crippen molar-refractivity contribution in [3.63, 3.8) is 0 Å². The van der Waals surface area contributed by atoms with Crippen molar-refractivity contribution in [2.75, 3.05) is 0 Å². The summed E-state index contributed by atoms with van der Waals surface area (Å²) in [5.41, 5.74) is 2.16. The fourth-order valence-electron chi connectivity index (χ4n) is 3.34. The van der Waals surface area contributed by atoms with E-state index in [4.69, 9.17) is 17.4 Å². The number of nitrogens with one attached hydrogen (secondary N) is 4. The highest BCUT2D eigenvalue weighted by Crippen LogP contribution is 2.09. The van der Waals surface area contributed by atoms with Crippen molar-refractivity contribution in [2.45, 2.75) is 36.4 Å². The van der Waals surface area contributed by atoms with Gasteiger partial charge in [-0.25, -0.2) is 23.3 Å². The second kappa shape index (κ2) is 12.2. The first-order chi connectivity index (χ1) is 17.1. The molecule has 3 aromatic rings. The van der Waals surface area contributed by atoms with Crippen LogP contribution in [0.4, 0.5) is 0 Å². The third-order valence-electron chi connectivity index (χ3n) is 5.20. The van der Waals surface area contributed by atoms with Gasteiger partial charge >= 0.3 is 5.97 Å². The van der Waals surface area contributed by atoms with E-state index in [1.807, 2.05) is 6.07 Å². The molecule has 2 unspecified atom stereocenters. The number of benzene rings is 2. The van der Waals surface area contributed by atoms with Crippen LogP contribution < -0.4 is 21.1 Å². The molecule has 0 aliphatic heterocycles. The normalized spacial score (nSPS) is 12.8. The van der Waals surface area contributed by atoms with Gasteiger partial charge in [0.2, 0.25) is 15.9 Å². The van der Waals surface area contributed by atoms with Gasteiger partial charge in [0, 0.05) is 31.3 Å². The number of aliphatic carboxylic acids is 1. The Labute approximate surface area is 213 Å². The van der Waals surface area contributed by atoms with Gasteiger partial charge in [-0.2, -0.15) is 0 Å². The largest absolute Gasteiger partial charge is 0.480 e. The lowest BCUT2D eigenvalue weighted by Gasteiger charge is -2.22. The second-order valence-corrected chi connectivity index (χ2v) is 9.91. The molecule has 7 N–H and O–H groups in total. The molecule has 2 aromatic carbocycles. The number of sulfonamides is 1. The zero-order chi connectivity index (χ0) is 26.1. The molecular weight excluding hydrogens is 504 g/mol. The number of carbonyl (C=O) groups excluding carboxylic acids is 1. The Bertz CT molecular complexity index is 1280. The number of amides is 1. The first-order valence-corrected chi connectivity index (χ1v) is 12.8. The van der Waals surface area contributed by atoms with Crippen LogP contribution in [-0.2, 0) is 39.0 Å². The van der Waals surface area contributed by atoms with Gasteiger partial charge in [0.1, 0.15) is 12.1 Å². The Kier molecular flexibility index (Phi) is 9.11. The highest BCUT2D eigenvalue weighted by Gasteiger charge is 2.26. The summed E-state index contributed by atoms with van der Waals surface area (Å²) in [4.78, 5) is 31.8. The molecule has 0 radical (unpaired) electrons. The van der Waals surface area contributed by atoms with Gasteiger partial charge in [0.15, 0.2) is 5.11 Å². The molecule has 190 valence electrons. The summed E-state index contributed by atoms with van der Waals surface area (Å²) < 4.78 is 22.8. The first kappa shape index (κ1) is 26.8. The van der Waals surface area contributed by atoms with Gasteiger partial charge in [-0.3, -0.25) is 4.79 Å². The predicted molar refractivity (Wildman–Crippen MR) is 136 cm³/mol. The van der Waals surface area contributed by atoms with Crippen LogP contribution in [0.2, 0.25) is 0 Å². The number of carbonyl (C=O) groups is 2. The molecule has 1 aromatic heterocycles. The minimum atomic E-state index is -3.79. The molecule has 0 aliphatic rings. The second-order valence-electron chi connectivity index (χ2n) is 7.94. The SMILES string of the molecule is NS(=O)(=O)c1ccc(CNC(=S)NC(Cc2cnc[nH]2)C(=O)NC(Cc2ccccc2)C(=O)O)cc1. The van der Waals surface area contributed by atoms with Gasteiger partial charge < -0.3 is 26.0 Å². The topological polar surface area (TPSA) is 179 Å². The number of carboxylic acids is 1. The lowest BCUT2D eigenvalue weighted by atomic mass is 10.0. The molecule has 13 heteroatoms. The Morgan fingerprint density at radius 1 is 1.00 bits per heavy atom. The summed E-state index contributed by atoms with van der Waals surface area (Å²) in [7, 11) is -3.79. The molecule has 11 nitrogen and oxygen atoms in total. The number of hydrogen-bond acceptors (Lipinski definition) is 6. The summed E-state index contributed by atoms with van der Waals surface area (Å²) in [6.07, 6.45) is 3.33. The molecule has 0 saturated carbocycles. The zero-order valence-corrected chi connectivity index (χ0v) is 20.7. The van der Waals surface area contributed by atoms with E-state index >= 15 is 0 Å². The summed E-state index contributed by atoms with van der Waals surface area (Å²) in [5.74, 6) is -1.70. The number of hydrogen-bond donors (Lipinski definition) is 6. The Morgan fingerprint density at radius 3 is 2.28 bits per heavy atom. The molecule has 0 saturated heterocycles. The van der Waals surface area contributed by atoms with Gasteiger partial charge in [-0.1, -0.05) is 42.5 Å². The Balaban J connectivity index is 1.65. The zero-order valence-electron chi connectivity index (χ0n) is 19.0. The molecule has 36 heavy (non-hydrogen) atoms. The highest BCUT2D eigenvalue weighted by molar-refractivity contribution is 7.89. The molecule has 0 aliphatic carbocycles. The number of carboxylic acid groups (broad SMARTS) is 1. The van der Waals surface area contributed by atoms with Gasteiger partial charge in [-0.05, 0) is 35.5 Å². The quantitative estimate of drug-likeness (QED) is 0.192. The van der Waals surface area contributed by atoms with E-state index < -0.39 is 34.0 Å². The van der Waals surface area contributed by atoms with Crippen molar-refractivity contribution < 1.29 is 23.1 Å². The van der Waals surface area contributed by atoms with Crippen LogP contribution in [0.3, 0.4) is 0 Å². The number of nitrogens with zero attached hydrogens (tertiary/aromatic N) is 1. The number of thiocarbonyl (C=S) groups is 1. The summed E-state index contributed by atoms with van der Waals surface area (Å²) in [5, 5.41) is 23.4. The first-order valence-electron chi connectivity index (χ1n) is 10.8. The summed E-state index contributed by atoms with van der Waals surface area (Å²) in [6, 6.07) is 12.9. The van der Waals surface area contributed by atoms with E-state index in [0.29, 0.717) is 5.69 Å². The minimum Gasteiger partial charge on any atom is -0.480 e. The van der Waals surface area contributed by atoms with E-state index in [1.165, 1.54) is 18.5 Å². The maximum absolute atomic E-state index is 13.1. The fourth-order valence-corrected chi connectivity index (χ4v) is 4.07. The number of primary sulfonamides is 1. The number of aromatic nitrogens is 2. The van der Waals surface area contributed by atoms with Crippen LogP contribution in [-0.4, -0.2) is 52.6 Å². The standard InChI is InChI=1S/C23H26N6O5S2/c24-36(33,34)18-8-6-16(7-9-18)12-26-23(35)29-19(11-17-13-25-14-27-17)21(30)28-20(22(31)32)10-15-4-2-1-3-5-15/h1-9,13-14,19-20H,10-12H2,(H,25,27)(H,28,30)(H,31,32)(H2,24,33,34)(H2,26,29,35). The number of H-pyrrole nitrogens is 1. The number of rotatable bonds is 11. The molecule has 0 fully saturated rings. The van der Waals surface area contributed by atoms with E-state index in [9.17, 15) is 23.1 Å². The number of imidazole rings is 1. The minimum absolute atomic E-state index is 0.00766. The van der Waals surface area contributed by atoms with Crippen molar-refractivity contribution in [3.8, 4) is 0 Å². The molecule has 1 amide bonds. The smallest absolute Gasteiger partial charge is 0.326 e. The van der Waals surface area contributed by atoms with Crippen LogP contribution in [0, 0.1) is 0 Å². The molecular formula is C23H26N6O5S2. The van der Waals surface area contributed by atoms with E-state index in [2.05, 4.69) is 25.9 Å². The lowest BCUT2D eigenvalue weighted by Crippen LogP contribution is -2.54. The van der Waals surface area contributed by atoms with Gasteiger partial charge in [0.05, 0.1) is 11.2 Å². The van der Waals surface area contributed by atoms with Crippen LogP contribution in [0.15, 0.2) is 72.0 Å². The predicted octanol–water partition coefficient (Wildman–Crippen LogP) is 0.445. The monoisotopic (exact) mass is 530 g/mol. The van der Waals surface area contributed by atoms with Crippen LogP contribution >= 0.6 is 12.2 Å². The lowest BCUT2D eigenvalue weighted by molar-refractivity contribution is -0.142. The van der Waals surface area contributed by atoms with E-state index in [0.717, 1.165) is 11.1 Å². The molecule has 0 spiro atoms. The van der Waals surface area contributed by atoms with Crippen molar-refractivity contribution in [2.24, 2.45) is 5.14 Å². The Morgan fingerprint density at radius 2 is 1.69 bits per heavy atom. The van der Waals surface area contributed by atoms with Crippen LogP contribution in [0.5, 0.6) is 0 Å². The third-order valence-corrected chi connectivity index (χ3v) is 6.39. The average Bonchev–Trinajstić information content (AvgIpc) is 3.35. The maximum atomic E-state index is 13.1. The fraction of sp³-hybridized carbons (Fsp3) is 0.217. The van der Waals surface area contributed by atoms with Crippen molar-refractivity contribution in [1.29, 1.82) is 0 Å². The highest BCUT2D eigenvalue weighted by atomic mass is 32.2. The Hall–Kier alpha value is -3.81. The molecule has 1 heterocycles.